The zero-order chi connectivity index (χ0) is 12.9. The van der Waals surface area contributed by atoms with Gasteiger partial charge in [0.05, 0.1) is 0 Å². The van der Waals surface area contributed by atoms with E-state index < -0.39 is 0 Å². The molecule has 0 fully saturated rings. The Labute approximate surface area is 106 Å². The van der Waals surface area contributed by atoms with Gasteiger partial charge in [0.1, 0.15) is 0 Å². The quantitative estimate of drug-likeness (QED) is 0.392. The van der Waals surface area contributed by atoms with Crippen molar-refractivity contribution in [2.45, 2.75) is 66.0 Å². The van der Waals surface area contributed by atoms with Crippen molar-refractivity contribution in [1.82, 2.24) is 0 Å². The van der Waals surface area contributed by atoms with Crippen LogP contribution in [0.1, 0.15) is 53.4 Å². The highest BCUT2D eigenvalue weighted by atomic mass is 16.8. The zero-order valence-electron chi connectivity index (χ0n) is 11.7. The lowest BCUT2D eigenvalue weighted by Gasteiger charge is -2.17. The monoisotopic (exact) mass is 248 g/mol. The van der Waals surface area contributed by atoms with Crippen molar-refractivity contribution in [3.63, 3.8) is 0 Å². The molecule has 0 N–H and O–H groups in total. The van der Waals surface area contributed by atoms with Gasteiger partial charge < -0.3 is 18.9 Å². The van der Waals surface area contributed by atoms with Crippen LogP contribution in [0.4, 0.5) is 0 Å². The molecule has 0 amide bonds. The van der Waals surface area contributed by atoms with Crippen molar-refractivity contribution in [3.8, 4) is 0 Å². The number of ether oxygens (including phenoxy) is 4. The molecule has 0 spiro atoms. The standard InChI is InChI=1S/C13H28O4/c1-5-7-9-14-12(3)16-11-17-13(4)15-10-8-6-2/h12-13H,5-11H2,1-4H3. The van der Waals surface area contributed by atoms with Crippen LogP contribution in [-0.4, -0.2) is 32.6 Å². The number of rotatable bonds is 12. The third kappa shape index (κ3) is 12.1. The summed E-state index contributed by atoms with van der Waals surface area (Å²) in [5.41, 5.74) is 0. The molecule has 2 unspecified atom stereocenters. The van der Waals surface area contributed by atoms with Gasteiger partial charge in [0.15, 0.2) is 19.4 Å². The van der Waals surface area contributed by atoms with Gasteiger partial charge in [0, 0.05) is 13.2 Å². The third-order valence-electron chi connectivity index (χ3n) is 2.31. The van der Waals surface area contributed by atoms with E-state index >= 15 is 0 Å². The third-order valence-corrected chi connectivity index (χ3v) is 2.31. The van der Waals surface area contributed by atoms with Crippen LogP contribution in [0, 0.1) is 0 Å². The van der Waals surface area contributed by atoms with Gasteiger partial charge in [-0.25, -0.2) is 0 Å². The van der Waals surface area contributed by atoms with E-state index in [0.29, 0.717) is 0 Å². The van der Waals surface area contributed by atoms with Crippen LogP contribution in [0.15, 0.2) is 0 Å². The van der Waals surface area contributed by atoms with Crippen molar-refractivity contribution in [3.05, 3.63) is 0 Å². The van der Waals surface area contributed by atoms with Crippen LogP contribution < -0.4 is 0 Å². The highest BCUT2D eigenvalue weighted by Crippen LogP contribution is 2.00. The SMILES string of the molecule is CCCCOC(C)OCOC(C)OCCCC. The predicted molar refractivity (Wildman–Crippen MR) is 67.7 cm³/mol. The smallest absolute Gasteiger partial charge is 0.157 e. The fourth-order valence-electron chi connectivity index (χ4n) is 1.11. The summed E-state index contributed by atoms with van der Waals surface area (Å²) in [7, 11) is 0. The highest BCUT2D eigenvalue weighted by molar-refractivity contribution is 4.36. The molecule has 17 heavy (non-hydrogen) atoms. The van der Waals surface area contributed by atoms with E-state index in [-0.39, 0.29) is 19.4 Å². The summed E-state index contributed by atoms with van der Waals surface area (Å²) in [6, 6.07) is 0. The van der Waals surface area contributed by atoms with Crippen LogP contribution in [0.3, 0.4) is 0 Å². The van der Waals surface area contributed by atoms with Crippen molar-refractivity contribution in [2.75, 3.05) is 20.0 Å². The Morgan fingerprint density at radius 3 is 1.47 bits per heavy atom. The largest absolute Gasteiger partial charge is 0.353 e. The molecule has 0 aromatic heterocycles. The van der Waals surface area contributed by atoms with E-state index in [1.807, 2.05) is 13.8 Å². The summed E-state index contributed by atoms with van der Waals surface area (Å²) in [5.74, 6) is 0. The molecule has 0 aliphatic heterocycles. The van der Waals surface area contributed by atoms with E-state index in [1.165, 1.54) is 0 Å². The average molecular weight is 248 g/mol. The minimum atomic E-state index is -0.218. The summed E-state index contributed by atoms with van der Waals surface area (Å²) in [6.07, 6.45) is 3.95. The van der Waals surface area contributed by atoms with Crippen molar-refractivity contribution >= 4 is 0 Å². The van der Waals surface area contributed by atoms with E-state index in [0.717, 1.165) is 38.9 Å². The second-order valence-electron chi connectivity index (χ2n) is 4.04. The Morgan fingerprint density at radius 1 is 0.706 bits per heavy atom. The van der Waals surface area contributed by atoms with Gasteiger partial charge in [-0.1, -0.05) is 26.7 Å². The van der Waals surface area contributed by atoms with Gasteiger partial charge in [-0.05, 0) is 26.7 Å². The molecule has 0 aromatic carbocycles. The molecule has 0 aliphatic rings. The summed E-state index contributed by atoms with van der Waals surface area (Å²) < 4.78 is 21.5. The van der Waals surface area contributed by atoms with E-state index in [4.69, 9.17) is 18.9 Å². The first-order valence-corrected chi connectivity index (χ1v) is 6.67. The van der Waals surface area contributed by atoms with Gasteiger partial charge in [-0.2, -0.15) is 0 Å². The summed E-state index contributed by atoms with van der Waals surface area (Å²) in [4.78, 5) is 0. The van der Waals surface area contributed by atoms with Gasteiger partial charge >= 0.3 is 0 Å². The highest BCUT2D eigenvalue weighted by Gasteiger charge is 2.04. The second kappa shape index (κ2) is 12.3. The molecule has 0 radical (unpaired) electrons. The second-order valence-corrected chi connectivity index (χ2v) is 4.04. The fraction of sp³-hybridized carbons (Fsp3) is 1.00. The molecule has 4 heteroatoms. The zero-order valence-corrected chi connectivity index (χ0v) is 11.7. The fourth-order valence-corrected chi connectivity index (χ4v) is 1.11. The Hall–Kier alpha value is -0.160. The van der Waals surface area contributed by atoms with Crippen LogP contribution in [0.5, 0.6) is 0 Å². The Balaban J connectivity index is 3.29. The van der Waals surface area contributed by atoms with Gasteiger partial charge in [-0.15, -0.1) is 0 Å². The van der Waals surface area contributed by atoms with E-state index in [9.17, 15) is 0 Å². The number of hydrogen-bond acceptors (Lipinski definition) is 4. The predicted octanol–water partition coefficient (Wildman–Crippen LogP) is 3.30. The van der Waals surface area contributed by atoms with E-state index in [1.54, 1.807) is 0 Å². The Bertz CT molecular complexity index is 136. The number of unbranched alkanes of at least 4 members (excludes halogenated alkanes) is 2. The first-order chi connectivity index (χ1) is 8.20. The molecule has 0 aliphatic carbocycles. The normalized spacial score (nSPS) is 14.8. The molecule has 0 bridgehead atoms. The minimum absolute atomic E-state index is 0.209. The first kappa shape index (κ1) is 16.8. The van der Waals surface area contributed by atoms with E-state index in [2.05, 4.69) is 13.8 Å². The first-order valence-electron chi connectivity index (χ1n) is 6.67. The molecule has 0 heterocycles. The summed E-state index contributed by atoms with van der Waals surface area (Å²) in [6.45, 7) is 9.70. The van der Waals surface area contributed by atoms with Gasteiger partial charge in [0.25, 0.3) is 0 Å². The maximum absolute atomic E-state index is 5.42. The van der Waals surface area contributed by atoms with Crippen LogP contribution in [-0.2, 0) is 18.9 Å². The van der Waals surface area contributed by atoms with Crippen LogP contribution in [0.25, 0.3) is 0 Å². The summed E-state index contributed by atoms with van der Waals surface area (Å²) in [5, 5.41) is 0. The lowest BCUT2D eigenvalue weighted by atomic mass is 10.4. The molecule has 0 saturated carbocycles. The van der Waals surface area contributed by atoms with Crippen molar-refractivity contribution < 1.29 is 18.9 Å². The Morgan fingerprint density at radius 2 is 1.12 bits per heavy atom. The van der Waals surface area contributed by atoms with Crippen LogP contribution >= 0.6 is 0 Å². The lowest BCUT2D eigenvalue weighted by Crippen LogP contribution is -2.20. The average Bonchev–Trinajstić information content (AvgIpc) is 2.30. The lowest BCUT2D eigenvalue weighted by molar-refractivity contribution is -0.236. The van der Waals surface area contributed by atoms with Crippen LogP contribution in [0.2, 0.25) is 0 Å². The maximum atomic E-state index is 5.42. The van der Waals surface area contributed by atoms with Crippen molar-refractivity contribution in [1.29, 1.82) is 0 Å². The molecule has 2 atom stereocenters. The molecule has 104 valence electrons. The minimum Gasteiger partial charge on any atom is -0.353 e. The molecular formula is C13H28O4. The summed E-state index contributed by atoms with van der Waals surface area (Å²) >= 11 is 0. The molecule has 4 nitrogen and oxygen atoms in total. The van der Waals surface area contributed by atoms with Gasteiger partial charge in [0.2, 0.25) is 0 Å². The van der Waals surface area contributed by atoms with Gasteiger partial charge in [-0.3, -0.25) is 0 Å². The molecule has 0 rings (SSSR count). The Kier molecular flexibility index (Phi) is 12.2. The van der Waals surface area contributed by atoms with Crippen molar-refractivity contribution in [2.24, 2.45) is 0 Å². The molecule has 0 aromatic rings. The molecular weight excluding hydrogens is 220 g/mol. The number of hydrogen-bond donors (Lipinski definition) is 0. The maximum Gasteiger partial charge on any atom is 0.157 e. The molecule has 0 saturated heterocycles. The topological polar surface area (TPSA) is 36.9 Å².